The largest absolute Gasteiger partial charge is 0.493 e. The molecule has 0 bridgehead atoms. The molecule has 2 rings (SSSR count). The first-order valence-corrected chi connectivity index (χ1v) is 7.35. The summed E-state index contributed by atoms with van der Waals surface area (Å²) in [7, 11) is 3.03. The van der Waals surface area contributed by atoms with Crippen LogP contribution in [0.25, 0.3) is 0 Å². The van der Waals surface area contributed by atoms with Gasteiger partial charge in [0, 0.05) is 5.56 Å². The van der Waals surface area contributed by atoms with Crippen molar-refractivity contribution in [2.45, 2.75) is 12.2 Å². The number of methoxy groups -OCH3 is 2. The lowest BCUT2D eigenvalue weighted by Crippen LogP contribution is -2.29. The van der Waals surface area contributed by atoms with Crippen molar-refractivity contribution >= 4 is 6.29 Å². The van der Waals surface area contributed by atoms with Crippen molar-refractivity contribution in [2.75, 3.05) is 20.8 Å². The first-order chi connectivity index (χ1) is 11.6. The average Bonchev–Trinajstić information content (AvgIpc) is 2.65. The van der Waals surface area contributed by atoms with Crippen molar-refractivity contribution in [2.24, 2.45) is 0 Å². The molecule has 0 spiro atoms. The average molecular weight is 332 g/mol. The summed E-state index contributed by atoms with van der Waals surface area (Å²) >= 11 is 0. The number of carbonyl (C=O) groups excluding carboxylic acids is 1. The molecule has 0 saturated carbocycles. The zero-order valence-electron chi connectivity index (χ0n) is 13.5. The van der Waals surface area contributed by atoms with Gasteiger partial charge in [0.15, 0.2) is 17.6 Å². The highest BCUT2D eigenvalue weighted by Gasteiger charge is 2.23. The van der Waals surface area contributed by atoms with E-state index in [1.165, 1.54) is 14.2 Å². The predicted molar refractivity (Wildman–Crippen MR) is 87.8 cm³/mol. The lowest BCUT2D eigenvalue weighted by atomic mass is 10.0. The highest BCUT2D eigenvalue weighted by molar-refractivity contribution is 5.74. The van der Waals surface area contributed by atoms with E-state index in [4.69, 9.17) is 14.2 Å². The molecule has 24 heavy (non-hydrogen) atoms. The van der Waals surface area contributed by atoms with Crippen LogP contribution in [0.15, 0.2) is 42.5 Å². The van der Waals surface area contributed by atoms with Gasteiger partial charge >= 0.3 is 0 Å². The van der Waals surface area contributed by atoms with Gasteiger partial charge in [-0.25, -0.2) is 0 Å². The van der Waals surface area contributed by atoms with E-state index >= 15 is 0 Å². The molecule has 0 saturated heterocycles. The van der Waals surface area contributed by atoms with Crippen molar-refractivity contribution in [1.82, 2.24) is 0 Å². The quantitative estimate of drug-likeness (QED) is 0.719. The van der Waals surface area contributed by atoms with E-state index in [0.717, 1.165) is 6.29 Å². The van der Waals surface area contributed by atoms with Crippen LogP contribution in [0.4, 0.5) is 0 Å². The number of hydrogen-bond acceptors (Lipinski definition) is 6. The third-order valence-electron chi connectivity index (χ3n) is 3.58. The second kappa shape index (κ2) is 8.33. The minimum Gasteiger partial charge on any atom is -0.493 e. The zero-order valence-corrected chi connectivity index (χ0v) is 13.5. The van der Waals surface area contributed by atoms with Crippen LogP contribution in [0.1, 0.15) is 22.0 Å². The Morgan fingerprint density at radius 3 is 2.25 bits per heavy atom. The Hall–Kier alpha value is -2.57. The van der Waals surface area contributed by atoms with Crippen LogP contribution in [0.2, 0.25) is 0 Å². The maximum atomic E-state index is 10.7. The Bertz CT molecular complexity index is 668. The molecule has 2 N–H and O–H groups in total. The van der Waals surface area contributed by atoms with Crippen molar-refractivity contribution in [3.63, 3.8) is 0 Å². The molecular weight excluding hydrogens is 312 g/mol. The number of benzene rings is 2. The smallest absolute Gasteiger partial charge is 0.161 e. The highest BCUT2D eigenvalue weighted by Crippen LogP contribution is 2.31. The fourth-order valence-corrected chi connectivity index (χ4v) is 2.25. The van der Waals surface area contributed by atoms with Crippen LogP contribution >= 0.6 is 0 Å². The van der Waals surface area contributed by atoms with E-state index in [2.05, 4.69) is 0 Å². The molecule has 0 heterocycles. The fraction of sp³-hybridized carbons (Fsp3) is 0.278. The predicted octanol–water partition coefficient (Wildman–Crippen LogP) is 1.99. The molecule has 128 valence electrons. The number of aldehydes is 1. The summed E-state index contributed by atoms with van der Waals surface area (Å²) in [6.07, 6.45) is -1.21. The molecule has 0 radical (unpaired) electrons. The Labute approximate surface area is 140 Å². The third-order valence-corrected chi connectivity index (χ3v) is 3.58. The Morgan fingerprint density at radius 2 is 1.71 bits per heavy atom. The summed E-state index contributed by atoms with van der Waals surface area (Å²) < 4.78 is 16.0. The summed E-state index contributed by atoms with van der Waals surface area (Å²) in [6, 6.07) is 11.4. The van der Waals surface area contributed by atoms with E-state index in [0.29, 0.717) is 28.4 Å². The molecule has 6 heteroatoms. The molecule has 0 aromatic heterocycles. The number of rotatable bonds is 8. The van der Waals surface area contributed by atoms with Crippen LogP contribution in [0.3, 0.4) is 0 Å². The molecule has 0 aliphatic rings. The van der Waals surface area contributed by atoms with Gasteiger partial charge < -0.3 is 24.4 Å². The Kier molecular flexibility index (Phi) is 6.17. The number of ether oxygens (including phenoxy) is 3. The second-order valence-corrected chi connectivity index (χ2v) is 5.09. The van der Waals surface area contributed by atoms with Gasteiger partial charge in [-0.2, -0.15) is 0 Å². The summed E-state index contributed by atoms with van der Waals surface area (Å²) in [5.74, 6) is 1.46. The second-order valence-electron chi connectivity index (χ2n) is 5.09. The van der Waals surface area contributed by atoms with Gasteiger partial charge in [0.2, 0.25) is 0 Å². The lowest BCUT2D eigenvalue weighted by Gasteiger charge is -2.23. The molecular formula is C18H20O6. The van der Waals surface area contributed by atoms with Crippen molar-refractivity contribution < 1.29 is 29.2 Å². The summed E-state index contributed by atoms with van der Waals surface area (Å²) in [4.78, 5) is 10.7. The first-order valence-electron chi connectivity index (χ1n) is 7.35. The standard InChI is InChI=1S/C18H20O6/c1-22-15-8-5-13(9-16(15)23-2)18(21)17(11-20)24-14-6-3-12(10-19)4-7-14/h3-10,17-18,20-21H,11H2,1-2H3. The third kappa shape index (κ3) is 4.04. The van der Waals surface area contributed by atoms with E-state index in [1.807, 2.05) is 0 Å². The van der Waals surface area contributed by atoms with E-state index in [1.54, 1.807) is 42.5 Å². The van der Waals surface area contributed by atoms with Crippen molar-refractivity contribution in [1.29, 1.82) is 0 Å². The SMILES string of the molecule is COc1ccc(C(O)C(CO)Oc2ccc(C=O)cc2)cc1OC. The summed E-state index contributed by atoms with van der Waals surface area (Å²) in [6.45, 7) is -0.384. The highest BCUT2D eigenvalue weighted by atomic mass is 16.5. The van der Waals surface area contributed by atoms with Gasteiger partial charge in [-0.05, 0) is 42.0 Å². The molecule has 6 nitrogen and oxygen atoms in total. The molecule has 0 aliphatic carbocycles. The normalized spacial score (nSPS) is 13.0. The minimum absolute atomic E-state index is 0.384. The maximum absolute atomic E-state index is 10.7. The van der Waals surface area contributed by atoms with Gasteiger partial charge in [-0.1, -0.05) is 6.07 Å². The van der Waals surface area contributed by atoms with Crippen molar-refractivity contribution in [3.8, 4) is 17.2 Å². The van der Waals surface area contributed by atoms with Gasteiger partial charge in [-0.3, -0.25) is 4.79 Å². The van der Waals surface area contributed by atoms with Crippen LogP contribution in [0, 0.1) is 0 Å². The van der Waals surface area contributed by atoms with Gasteiger partial charge in [0.25, 0.3) is 0 Å². The fourth-order valence-electron chi connectivity index (χ4n) is 2.25. The zero-order chi connectivity index (χ0) is 17.5. The molecule has 2 atom stereocenters. The maximum Gasteiger partial charge on any atom is 0.161 e. The van der Waals surface area contributed by atoms with Crippen LogP contribution in [0.5, 0.6) is 17.2 Å². The molecule has 2 aromatic rings. The van der Waals surface area contributed by atoms with Gasteiger partial charge in [0.05, 0.1) is 20.8 Å². The molecule has 0 amide bonds. The Balaban J connectivity index is 2.18. The summed E-state index contributed by atoms with van der Waals surface area (Å²) in [5, 5.41) is 20.0. The molecule has 2 aromatic carbocycles. The van der Waals surface area contributed by atoms with E-state index < -0.39 is 12.2 Å². The molecule has 0 fully saturated rings. The van der Waals surface area contributed by atoms with Gasteiger partial charge in [0.1, 0.15) is 18.1 Å². The van der Waals surface area contributed by atoms with Crippen LogP contribution < -0.4 is 14.2 Å². The number of carbonyl (C=O) groups is 1. The van der Waals surface area contributed by atoms with E-state index in [9.17, 15) is 15.0 Å². The first kappa shape index (κ1) is 17.8. The van der Waals surface area contributed by atoms with E-state index in [-0.39, 0.29) is 6.61 Å². The minimum atomic E-state index is -1.07. The number of hydrogen-bond donors (Lipinski definition) is 2. The number of aliphatic hydroxyl groups excluding tert-OH is 2. The topological polar surface area (TPSA) is 85.2 Å². The van der Waals surface area contributed by atoms with Gasteiger partial charge in [-0.15, -0.1) is 0 Å². The van der Waals surface area contributed by atoms with Crippen LogP contribution in [-0.2, 0) is 0 Å². The lowest BCUT2D eigenvalue weighted by molar-refractivity contribution is 0.000658. The molecule has 2 unspecified atom stereocenters. The van der Waals surface area contributed by atoms with Crippen molar-refractivity contribution in [3.05, 3.63) is 53.6 Å². The summed E-state index contributed by atoms with van der Waals surface area (Å²) in [5.41, 5.74) is 1.04. The monoisotopic (exact) mass is 332 g/mol. The number of aliphatic hydroxyl groups is 2. The van der Waals surface area contributed by atoms with Crippen LogP contribution in [-0.4, -0.2) is 43.4 Å². The Morgan fingerprint density at radius 1 is 1.04 bits per heavy atom. The molecule has 0 aliphatic heterocycles.